The van der Waals surface area contributed by atoms with E-state index in [1.807, 2.05) is 30.3 Å². The number of halogens is 1. The maximum Gasteiger partial charge on any atom is 0.294 e. The van der Waals surface area contributed by atoms with Gasteiger partial charge in [0, 0.05) is 5.02 Å². The van der Waals surface area contributed by atoms with Crippen LogP contribution in [-0.2, 0) is 16.0 Å². The molecule has 2 aromatic rings. The molecule has 1 fully saturated rings. The normalized spacial score (nSPS) is 16.3. The number of hydrogen-bond donors (Lipinski definition) is 2. The van der Waals surface area contributed by atoms with Crippen LogP contribution in [-0.4, -0.2) is 46.3 Å². The van der Waals surface area contributed by atoms with Gasteiger partial charge in [0.15, 0.2) is 0 Å². The van der Waals surface area contributed by atoms with Crippen LogP contribution < -0.4 is 5.32 Å². The smallest absolute Gasteiger partial charge is 0.294 e. The van der Waals surface area contributed by atoms with Crippen LogP contribution in [0.2, 0.25) is 5.02 Å². The first-order valence-electron chi connectivity index (χ1n) is 8.92. The quantitative estimate of drug-likeness (QED) is 0.659. The summed E-state index contributed by atoms with van der Waals surface area (Å²) in [5, 5.41) is 12.2. The summed E-state index contributed by atoms with van der Waals surface area (Å²) in [6.45, 7) is -0.662. The van der Waals surface area contributed by atoms with Crippen molar-refractivity contribution in [2.45, 2.75) is 12.5 Å². The van der Waals surface area contributed by atoms with Crippen molar-refractivity contribution in [2.24, 2.45) is 0 Å². The second-order valence-corrected chi connectivity index (χ2v) is 7.83. The number of hydrogen-bond acceptors (Lipinski definition) is 5. The number of rotatable bonds is 7. The van der Waals surface area contributed by atoms with Gasteiger partial charge in [0.1, 0.15) is 6.54 Å². The Morgan fingerprint density at radius 3 is 2.52 bits per heavy atom. The lowest BCUT2D eigenvalue weighted by Crippen LogP contribution is -2.45. The van der Waals surface area contributed by atoms with E-state index in [1.165, 1.54) is 6.08 Å². The molecule has 1 heterocycles. The van der Waals surface area contributed by atoms with Gasteiger partial charge >= 0.3 is 0 Å². The molecule has 150 valence electrons. The molecule has 0 radical (unpaired) electrons. The number of benzene rings is 2. The summed E-state index contributed by atoms with van der Waals surface area (Å²) < 4.78 is 0. The van der Waals surface area contributed by atoms with Gasteiger partial charge in [-0.05, 0) is 41.5 Å². The molecule has 0 saturated carbocycles. The molecule has 2 N–H and O–H groups in total. The molecule has 8 heteroatoms. The van der Waals surface area contributed by atoms with Crippen molar-refractivity contribution in [3.63, 3.8) is 0 Å². The van der Waals surface area contributed by atoms with Gasteiger partial charge < -0.3 is 10.4 Å². The average molecular weight is 431 g/mol. The third-order valence-electron chi connectivity index (χ3n) is 4.28. The van der Waals surface area contributed by atoms with Crippen LogP contribution in [0.15, 0.2) is 59.5 Å². The first-order chi connectivity index (χ1) is 14.0. The van der Waals surface area contributed by atoms with Crippen LogP contribution in [0.25, 0.3) is 6.08 Å². The van der Waals surface area contributed by atoms with E-state index in [4.69, 9.17) is 11.6 Å². The number of imide groups is 1. The van der Waals surface area contributed by atoms with Crippen LogP contribution in [0, 0.1) is 0 Å². The Hall–Kier alpha value is -2.61. The molecule has 0 aromatic heterocycles. The van der Waals surface area contributed by atoms with Crippen molar-refractivity contribution in [1.29, 1.82) is 0 Å². The van der Waals surface area contributed by atoms with E-state index < -0.39 is 29.6 Å². The first-order valence-corrected chi connectivity index (χ1v) is 10.1. The molecule has 1 atom stereocenters. The largest absolute Gasteiger partial charge is 0.394 e. The van der Waals surface area contributed by atoms with Gasteiger partial charge in [0.25, 0.3) is 11.1 Å². The number of aliphatic hydroxyl groups excluding tert-OH is 1. The van der Waals surface area contributed by atoms with E-state index in [9.17, 15) is 19.5 Å². The van der Waals surface area contributed by atoms with Crippen LogP contribution >= 0.6 is 23.4 Å². The maximum atomic E-state index is 12.6. The van der Waals surface area contributed by atoms with E-state index in [1.54, 1.807) is 24.3 Å². The molecule has 0 bridgehead atoms. The highest BCUT2D eigenvalue weighted by Gasteiger charge is 2.36. The molecular weight excluding hydrogens is 412 g/mol. The first kappa shape index (κ1) is 21.1. The molecule has 2 aromatic carbocycles. The van der Waals surface area contributed by atoms with Crippen molar-refractivity contribution in [3.05, 3.63) is 75.7 Å². The van der Waals surface area contributed by atoms with Crippen molar-refractivity contribution >= 4 is 46.5 Å². The van der Waals surface area contributed by atoms with Crippen LogP contribution in [0.5, 0.6) is 0 Å². The lowest BCUT2D eigenvalue weighted by atomic mass is 10.1. The molecule has 0 spiro atoms. The van der Waals surface area contributed by atoms with Crippen LogP contribution in [0.1, 0.15) is 11.1 Å². The van der Waals surface area contributed by atoms with Gasteiger partial charge in [0.05, 0.1) is 17.6 Å². The number of nitrogens with one attached hydrogen (secondary N) is 1. The average Bonchev–Trinajstić information content (AvgIpc) is 2.97. The van der Waals surface area contributed by atoms with Crippen molar-refractivity contribution in [3.8, 4) is 0 Å². The fraction of sp³-hybridized carbons (Fsp3) is 0.190. The summed E-state index contributed by atoms with van der Waals surface area (Å²) in [6, 6.07) is 15.9. The molecule has 3 amide bonds. The Kier molecular flexibility index (Phi) is 7.09. The topological polar surface area (TPSA) is 86.7 Å². The number of aliphatic hydroxyl groups is 1. The molecule has 29 heavy (non-hydrogen) atoms. The number of carbonyl (C=O) groups excluding carboxylic acids is 3. The van der Waals surface area contributed by atoms with Gasteiger partial charge in [-0.15, -0.1) is 0 Å². The summed E-state index contributed by atoms with van der Waals surface area (Å²) in [7, 11) is 0. The van der Waals surface area contributed by atoms with Gasteiger partial charge in [0.2, 0.25) is 5.91 Å². The van der Waals surface area contributed by atoms with Crippen LogP contribution in [0.3, 0.4) is 0 Å². The summed E-state index contributed by atoms with van der Waals surface area (Å²) in [6.07, 6.45) is 1.98. The Morgan fingerprint density at radius 1 is 1.14 bits per heavy atom. The van der Waals surface area contributed by atoms with E-state index in [-0.39, 0.29) is 11.5 Å². The number of thioether (sulfide) groups is 1. The zero-order valence-electron chi connectivity index (χ0n) is 15.4. The Bertz CT molecular complexity index is 949. The van der Waals surface area contributed by atoms with Crippen molar-refractivity contribution in [1.82, 2.24) is 10.2 Å². The molecule has 0 aliphatic carbocycles. The number of nitrogens with zero attached hydrogens (tertiary/aromatic N) is 1. The summed E-state index contributed by atoms with van der Waals surface area (Å²) in [4.78, 5) is 38.2. The molecule has 3 rings (SSSR count). The highest BCUT2D eigenvalue weighted by molar-refractivity contribution is 8.18. The lowest BCUT2D eigenvalue weighted by molar-refractivity contribution is -0.129. The predicted molar refractivity (Wildman–Crippen MR) is 113 cm³/mol. The van der Waals surface area contributed by atoms with Crippen molar-refractivity contribution in [2.75, 3.05) is 13.2 Å². The molecular formula is C21H19ClN2O4S. The summed E-state index contributed by atoms with van der Waals surface area (Å²) in [5.74, 6) is -1.06. The van der Waals surface area contributed by atoms with Gasteiger partial charge in [-0.25, -0.2) is 0 Å². The second kappa shape index (κ2) is 9.73. The van der Waals surface area contributed by atoms with E-state index in [0.29, 0.717) is 17.0 Å². The van der Waals surface area contributed by atoms with E-state index in [0.717, 1.165) is 22.2 Å². The fourth-order valence-electron chi connectivity index (χ4n) is 2.85. The maximum absolute atomic E-state index is 12.6. The van der Waals surface area contributed by atoms with Crippen LogP contribution in [0.4, 0.5) is 4.79 Å². The van der Waals surface area contributed by atoms with Crippen molar-refractivity contribution < 1.29 is 19.5 Å². The lowest BCUT2D eigenvalue weighted by Gasteiger charge is -2.18. The molecule has 1 aliphatic heterocycles. The Balaban J connectivity index is 1.63. The minimum atomic E-state index is -0.543. The Labute approximate surface area is 177 Å². The fourth-order valence-corrected chi connectivity index (χ4v) is 3.87. The standard InChI is InChI=1S/C21H19ClN2O4S/c22-17-9-5-4-8-15(17)11-18-20(27)24(21(28)29-18)12-19(26)23-16(13-25)10-14-6-2-1-3-7-14/h1-9,11,16,25H,10,12-13H2,(H,23,26)/b18-11-/t16-/m0/s1. The van der Waals surface area contributed by atoms with Gasteiger partial charge in [-0.3, -0.25) is 19.3 Å². The SMILES string of the molecule is O=C(CN1C(=O)S/C(=C\c2ccccc2Cl)C1=O)N[C@H](CO)Cc1ccccc1. The minimum absolute atomic E-state index is 0.207. The number of amides is 3. The zero-order valence-corrected chi connectivity index (χ0v) is 16.9. The van der Waals surface area contributed by atoms with E-state index >= 15 is 0 Å². The van der Waals surface area contributed by atoms with Gasteiger partial charge in [-0.1, -0.05) is 60.1 Å². The highest BCUT2D eigenvalue weighted by atomic mass is 35.5. The van der Waals surface area contributed by atoms with Gasteiger partial charge in [-0.2, -0.15) is 0 Å². The molecule has 6 nitrogen and oxygen atoms in total. The predicted octanol–water partition coefficient (Wildman–Crippen LogP) is 3.10. The van der Waals surface area contributed by atoms with E-state index in [2.05, 4.69) is 5.32 Å². The molecule has 1 aliphatic rings. The third-order valence-corrected chi connectivity index (χ3v) is 5.53. The minimum Gasteiger partial charge on any atom is -0.394 e. The summed E-state index contributed by atoms with van der Waals surface area (Å²) in [5.41, 5.74) is 1.58. The Morgan fingerprint density at radius 2 is 1.83 bits per heavy atom. The zero-order chi connectivity index (χ0) is 20.8. The second-order valence-electron chi connectivity index (χ2n) is 6.43. The monoisotopic (exact) mass is 430 g/mol. The molecule has 0 unspecified atom stereocenters. The highest BCUT2D eigenvalue weighted by Crippen LogP contribution is 2.33. The number of carbonyl (C=O) groups is 3. The molecule has 1 saturated heterocycles. The third kappa shape index (κ3) is 5.47. The summed E-state index contributed by atoms with van der Waals surface area (Å²) >= 11 is 6.86.